The molecule has 0 atom stereocenters. The molecule has 7 nitrogen and oxygen atoms in total. The van der Waals surface area contributed by atoms with Crippen LogP contribution in [0.5, 0.6) is 17.2 Å². The van der Waals surface area contributed by atoms with Crippen molar-refractivity contribution in [3.63, 3.8) is 0 Å². The van der Waals surface area contributed by atoms with Crippen LogP contribution in [-0.4, -0.2) is 29.1 Å². The summed E-state index contributed by atoms with van der Waals surface area (Å²) >= 11 is 0. The molecule has 0 saturated carbocycles. The van der Waals surface area contributed by atoms with Crippen LogP contribution in [0.4, 0.5) is 5.95 Å². The van der Waals surface area contributed by atoms with E-state index in [2.05, 4.69) is 10.1 Å². The maximum absolute atomic E-state index is 5.80. The first-order valence-corrected chi connectivity index (χ1v) is 11.1. The Balaban J connectivity index is 1.14. The molecule has 0 spiro atoms. The second-order valence-electron chi connectivity index (χ2n) is 7.69. The number of anilines is 1. The van der Waals surface area contributed by atoms with Crippen LogP contribution in [0.25, 0.3) is 0 Å². The standard InChI is InChI=1S/C27H28N4O3/c1-21-19-31(27(28)30-21)29-18-22-8-10-24(11-9-22)32-16-5-17-33-25-12-14-26(15-13-25)34-20-23-6-3-2-4-7-23/h2-4,6-15,18-19H,5,16-17,20H2,1H3,(H2,28,30). The number of hydrogen-bond donors (Lipinski definition) is 1. The third-order valence-corrected chi connectivity index (χ3v) is 4.94. The van der Waals surface area contributed by atoms with Crippen molar-refractivity contribution in [3.8, 4) is 17.2 Å². The van der Waals surface area contributed by atoms with Crippen molar-refractivity contribution in [2.24, 2.45) is 5.10 Å². The van der Waals surface area contributed by atoms with Crippen LogP contribution in [0.1, 0.15) is 23.2 Å². The lowest BCUT2D eigenvalue weighted by molar-refractivity contribution is 0.247. The lowest BCUT2D eigenvalue weighted by Gasteiger charge is -2.10. The van der Waals surface area contributed by atoms with Crippen LogP contribution in [0.3, 0.4) is 0 Å². The van der Waals surface area contributed by atoms with Gasteiger partial charge in [-0.15, -0.1) is 0 Å². The first-order valence-electron chi connectivity index (χ1n) is 11.1. The monoisotopic (exact) mass is 456 g/mol. The third kappa shape index (κ3) is 6.87. The van der Waals surface area contributed by atoms with E-state index < -0.39 is 0 Å². The quantitative estimate of drug-likeness (QED) is 0.251. The summed E-state index contributed by atoms with van der Waals surface area (Å²) in [6.45, 7) is 3.56. The normalized spacial score (nSPS) is 11.0. The van der Waals surface area contributed by atoms with Crippen LogP contribution in [0, 0.1) is 6.92 Å². The van der Waals surface area contributed by atoms with Gasteiger partial charge in [-0.05, 0) is 66.6 Å². The SMILES string of the molecule is Cc1cn(N=Cc2ccc(OCCCOc3ccc(OCc4ccccc4)cc3)cc2)c(N)n1. The van der Waals surface area contributed by atoms with Gasteiger partial charge in [0.1, 0.15) is 23.9 Å². The number of benzene rings is 3. The second-order valence-corrected chi connectivity index (χ2v) is 7.69. The Hall–Kier alpha value is -4.26. The molecular weight excluding hydrogens is 428 g/mol. The molecular formula is C27H28N4O3. The van der Waals surface area contributed by atoms with Crippen molar-refractivity contribution in [2.45, 2.75) is 20.0 Å². The van der Waals surface area contributed by atoms with Gasteiger partial charge >= 0.3 is 0 Å². The highest BCUT2D eigenvalue weighted by Gasteiger charge is 2.00. The lowest BCUT2D eigenvalue weighted by atomic mass is 10.2. The van der Waals surface area contributed by atoms with E-state index in [9.17, 15) is 0 Å². The molecule has 34 heavy (non-hydrogen) atoms. The molecule has 7 heteroatoms. The molecule has 3 aromatic carbocycles. The zero-order valence-corrected chi connectivity index (χ0v) is 19.1. The van der Waals surface area contributed by atoms with E-state index in [-0.39, 0.29) is 0 Å². The number of aromatic nitrogens is 2. The van der Waals surface area contributed by atoms with Crippen molar-refractivity contribution >= 4 is 12.2 Å². The Bertz CT molecular complexity index is 1190. The van der Waals surface area contributed by atoms with Gasteiger partial charge in [-0.1, -0.05) is 30.3 Å². The molecule has 1 heterocycles. The first-order chi connectivity index (χ1) is 16.7. The fourth-order valence-electron chi connectivity index (χ4n) is 3.19. The zero-order chi connectivity index (χ0) is 23.6. The van der Waals surface area contributed by atoms with Crippen LogP contribution in [0.2, 0.25) is 0 Å². The smallest absolute Gasteiger partial charge is 0.221 e. The summed E-state index contributed by atoms with van der Waals surface area (Å²) in [5, 5.41) is 4.31. The zero-order valence-electron chi connectivity index (χ0n) is 19.1. The Kier molecular flexibility index (Phi) is 7.79. The third-order valence-electron chi connectivity index (χ3n) is 4.94. The molecule has 0 bridgehead atoms. The molecule has 174 valence electrons. The number of imidazole rings is 1. The average molecular weight is 457 g/mol. The fourth-order valence-corrected chi connectivity index (χ4v) is 3.19. The molecule has 0 aliphatic heterocycles. The van der Waals surface area contributed by atoms with Gasteiger partial charge in [-0.25, -0.2) is 9.66 Å². The Morgan fingerprint density at radius 3 is 2.00 bits per heavy atom. The summed E-state index contributed by atoms with van der Waals surface area (Å²) in [6.07, 6.45) is 4.28. The predicted octanol–water partition coefficient (Wildman–Crippen LogP) is 5.08. The minimum atomic E-state index is 0.364. The highest BCUT2D eigenvalue weighted by molar-refractivity contribution is 5.79. The molecule has 0 amide bonds. The summed E-state index contributed by atoms with van der Waals surface area (Å²) in [7, 11) is 0. The lowest BCUT2D eigenvalue weighted by Crippen LogP contribution is -2.05. The Morgan fingerprint density at radius 1 is 0.824 bits per heavy atom. The van der Waals surface area contributed by atoms with Gasteiger partial charge in [-0.2, -0.15) is 5.10 Å². The van der Waals surface area contributed by atoms with Gasteiger partial charge in [0.25, 0.3) is 0 Å². The number of nitrogens with two attached hydrogens (primary N) is 1. The molecule has 0 aliphatic carbocycles. The number of hydrogen-bond acceptors (Lipinski definition) is 6. The van der Waals surface area contributed by atoms with Gasteiger partial charge in [-0.3, -0.25) is 0 Å². The van der Waals surface area contributed by atoms with E-state index in [1.54, 1.807) is 17.1 Å². The maximum atomic E-state index is 5.80. The molecule has 4 rings (SSSR count). The molecule has 4 aromatic rings. The van der Waals surface area contributed by atoms with Crippen LogP contribution >= 0.6 is 0 Å². The first kappa shape index (κ1) is 22.9. The van der Waals surface area contributed by atoms with Crippen molar-refractivity contribution in [1.82, 2.24) is 9.66 Å². The molecule has 0 radical (unpaired) electrons. The molecule has 0 saturated heterocycles. The van der Waals surface area contributed by atoms with Gasteiger partial charge in [0.15, 0.2) is 0 Å². The van der Waals surface area contributed by atoms with Crippen molar-refractivity contribution < 1.29 is 14.2 Å². The van der Waals surface area contributed by atoms with E-state index in [0.717, 1.165) is 40.5 Å². The van der Waals surface area contributed by atoms with Gasteiger partial charge in [0.2, 0.25) is 5.95 Å². The number of rotatable bonds is 11. The summed E-state index contributed by atoms with van der Waals surface area (Å²) in [4.78, 5) is 4.12. The molecule has 1 aromatic heterocycles. The highest BCUT2D eigenvalue weighted by atomic mass is 16.5. The number of nitrogens with zero attached hydrogens (tertiary/aromatic N) is 3. The molecule has 2 N–H and O–H groups in total. The summed E-state index contributed by atoms with van der Waals surface area (Å²) < 4.78 is 18.9. The van der Waals surface area contributed by atoms with Crippen molar-refractivity contribution in [3.05, 3.63) is 102 Å². The minimum absolute atomic E-state index is 0.364. The van der Waals surface area contributed by atoms with E-state index in [4.69, 9.17) is 19.9 Å². The van der Waals surface area contributed by atoms with E-state index >= 15 is 0 Å². The fraction of sp³-hybridized carbons (Fsp3) is 0.185. The Morgan fingerprint density at radius 2 is 1.41 bits per heavy atom. The molecule has 0 unspecified atom stereocenters. The maximum Gasteiger partial charge on any atom is 0.221 e. The highest BCUT2D eigenvalue weighted by Crippen LogP contribution is 2.19. The summed E-state index contributed by atoms with van der Waals surface area (Å²) in [5.41, 5.74) is 8.69. The number of aryl methyl sites for hydroxylation is 1. The van der Waals surface area contributed by atoms with E-state index in [1.165, 1.54) is 0 Å². The summed E-state index contributed by atoms with van der Waals surface area (Å²) in [6, 6.07) is 25.5. The topological polar surface area (TPSA) is 83.9 Å². The largest absolute Gasteiger partial charge is 0.493 e. The Labute approximate surface area is 199 Å². The molecule has 0 fully saturated rings. The van der Waals surface area contributed by atoms with E-state index in [1.807, 2.05) is 85.8 Å². The average Bonchev–Trinajstić information content (AvgIpc) is 3.20. The minimum Gasteiger partial charge on any atom is -0.493 e. The van der Waals surface area contributed by atoms with Crippen LogP contribution in [-0.2, 0) is 6.61 Å². The van der Waals surface area contributed by atoms with Crippen molar-refractivity contribution in [2.75, 3.05) is 18.9 Å². The van der Waals surface area contributed by atoms with E-state index in [0.29, 0.717) is 25.8 Å². The predicted molar refractivity (Wildman–Crippen MR) is 134 cm³/mol. The molecule has 0 aliphatic rings. The second kappa shape index (κ2) is 11.6. The van der Waals surface area contributed by atoms with Crippen LogP contribution < -0.4 is 19.9 Å². The summed E-state index contributed by atoms with van der Waals surface area (Å²) in [5.74, 6) is 2.79. The number of ether oxygens (including phenoxy) is 3. The van der Waals surface area contributed by atoms with Gasteiger partial charge < -0.3 is 19.9 Å². The number of nitrogen functional groups attached to an aromatic ring is 1. The van der Waals surface area contributed by atoms with Gasteiger partial charge in [0.05, 0.1) is 31.3 Å². The van der Waals surface area contributed by atoms with Crippen molar-refractivity contribution in [1.29, 1.82) is 0 Å². The van der Waals surface area contributed by atoms with Gasteiger partial charge in [0, 0.05) is 6.42 Å². The van der Waals surface area contributed by atoms with Crippen LogP contribution in [0.15, 0.2) is 90.2 Å².